The molecule has 0 amide bonds. The second-order valence-electron chi connectivity index (χ2n) is 4.81. The molecule has 0 N–H and O–H groups in total. The summed E-state index contributed by atoms with van der Waals surface area (Å²) in [7, 11) is -3.65. The van der Waals surface area contributed by atoms with Crippen LogP contribution in [0.2, 0.25) is 0 Å². The van der Waals surface area contributed by atoms with Crippen LogP contribution in [0.1, 0.15) is 31.9 Å². The molecule has 106 valence electrons. The van der Waals surface area contributed by atoms with Crippen LogP contribution < -0.4 is 0 Å². The topological polar surface area (TPSA) is 91.1 Å². The van der Waals surface area contributed by atoms with Gasteiger partial charge in [0.25, 0.3) is 0 Å². The van der Waals surface area contributed by atoms with E-state index >= 15 is 0 Å². The molecule has 0 aliphatic carbocycles. The third-order valence-corrected chi connectivity index (χ3v) is 5.24. The van der Waals surface area contributed by atoms with Gasteiger partial charge in [-0.3, -0.25) is 4.79 Å². The van der Waals surface area contributed by atoms with Crippen molar-refractivity contribution >= 4 is 15.8 Å². The molecular weight excluding hydrogens is 278 g/mol. The number of pyridine rings is 1. The van der Waals surface area contributed by atoms with E-state index in [2.05, 4.69) is 4.98 Å². The average molecular weight is 293 g/mol. The maximum atomic E-state index is 12.5. The number of Topliss-reactive ketones (excluding diaryl/α,β-unsaturated/α-hetero) is 1. The minimum Gasteiger partial charge on any atom is -0.300 e. The fraction of sp³-hybridized carbons (Fsp3) is 0.462. The summed E-state index contributed by atoms with van der Waals surface area (Å²) in [6, 6.07) is 4.33. The van der Waals surface area contributed by atoms with Crippen LogP contribution in [-0.2, 0) is 14.8 Å². The molecule has 2 rings (SSSR count). The fourth-order valence-electron chi connectivity index (χ4n) is 2.40. The van der Waals surface area contributed by atoms with Crippen LogP contribution in [0.3, 0.4) is 0 Å². The van der Waals surface area contributed by atoms with Crippen LogP contribution in [0.4, 0.5) is 0 Å². The van der Waals surface area contributed by atoms with E-state index in [1.165, 1.54) is 29.6 Å². The van der Waals surface area contributed by atoms with Gasteiger partial charge in [0.15, 0.2) is 0 Å². The zero-order chi connectivity index (χ0) is 14.8. The van der Waals surface area contributed by atoms with Crippen LogP contribution in [0.5, 0.6) is 0 Å². The maximum absolute atomic E-state index is 12.5. The molecule has 0 aromatic carbocycles. The summed E-state index contributed by atoms with van der Waals surface area (Å²) < 4.78 is 26.4. The van der Waals surface area contributed by atoms with Gasteiger partial charge >= 0.3 is 0 Å². The average Bonchev–Trinajstić information content (AvgIpc) is 2.87. The second kappa shape index (κ2) is 5.69. The Morgan fingerprint density at radius 3 is 2.85 bits per heavy atom. The molecule has 0 radical (unpaired) electrons. The molecule has 20 heavy (non-hydrogen) atoms. The van der Waals surface area contributed by atoms with Crippen LogP contribution >= 0.6 is 0 Å². The SMILES string of the molecule is CC(=O)CC1CCCN1S(=O)(=O)c1ccc(C#N)nc1. The summed E-state index contributed by atoms with van der Waals surface area (Å²) in [6.07, 6.45) is 2.88. The fourth-order valence-corrected chi connectivity index (χ4v) is 4.03. The molecule has 1 saturated heterocycles. The highest BCUT2D eigenvalue weighted by molar-refractivity contribution is 7.89. The molecule has 0 bridgehead atoms. The molecule has 1 fully saturated rings. The van der Waals surface area contributed by atoms with Gasteiger partial charge in [0.2, 0.25) is 10.0 Å². The highest BCUT2D eigenvalue weighted by Crippen LogP contribution is 2.27. The first-order valence-electron chi connectivity index (χ1n) is 6.32. The first-order chi connectivity index (χ1) is 9.45. The predicted octanol–water partition coefficient (Wildman–Crippen LogP) is 1.09. The Balaban J connectivity index is 2.29. The van der Waals surface area contributed by atoms with E-state index in [-0.39, 0.29) is 28.8 Å². The minimum absolute atomic E-state index is 0.0185. The van der Waals surface area contributed by atoms with Crippen molar-refractivity contribution in [2.75, 3.05) is 6.54 Å². The largest absolute Gasteiger partial charge is 0.300 e. The molecule has 1 aromatic rings. The number of sulfonamides is 1. The van der Waals surface area contributed by atoms with Crippen LogP contribution in [0.25, 0.3) is 0 Å². The quantitative estimate of drug-likeness (QED) is 0.828. The number of carbonyl (C=O) groups excluding carboxylic acids is 1. The van der Waals surface area contributed by atoms with Gasteiger partial charge in [-0.25, -0.2) is 13.4 Å². The Hall–Kier alpha value is -1.78. The summed E-state index contributed by atoms with van der Waals surface area (Å²) in [5.74, 6) is -0.0185. The Bertz CT molecular complexity index is 646. The van der Waals surface area contributed by atoms with Crippen LogP contribution in [-0.4, -0.2) is 36.1 Å². The summed E-state index contributed by atoms with van der Waals surface area (Å²) in [5.41, 5.74) is 0.172. The van der Waals surface area contributed by atoms with E-state index in [1.807, 2.05) is 6.07 Å². The van der Waals surface area contributed by atoms with E-state index in [0.29, 0.717) is 13.0 Å². The lowest BCUT2D eigenvalue weighted by atomic mass is 10.1. The van der Waals surface area contributed by atoms with E-state index in [0.717, 1.165) is 6.42 Å². The van der Waals surface area contributed by atoms with Gasteiger partial charge in [-0.05, 0) is 31.9 Å². The van der Waals surface area contributed by atoms with Crippen molar-refractivity contribution in [1.29, 1.82) is 5.26 Å². The first-order valence-corrected chi connectivity index (χ1v) is 7.76. The number of rotatable bonds is 4. The van der Waals surface area contributed by atoms with Crippen molar-refractivity contribution in [3.8, 4) is 6.07 Å². The Morgan fingerprint density at radius 2 is 2.30 bits per heavy atom. The van der Waals surface area contributed by atoms with Gasteiger partial charge in [-0.1, -0.05) is 0 Å². The van der Waals surface area contributed by atoms with Crippen molar-refractivity contribution < 1.29 is 13.2 Å². The van der Waals surface area contributed by atoms with Crippen molar-refractivity contribution in [3.05, 3.63) is 24.0 Å². The van der Waals surface area contributed by atoms with Gasteiger partial charge in [0, 0.05) is 25.2 Å². The highest BCUT2D eigenvalue weighted by atomic mass is 32.2. The molecule has 1 unspecified atom stereocenters. The molecule has 1 aliphatic rings. The van der Waals surface area contributed by atoms with E-state index < -0.39 is 10.0 Å². The summed E-state index contributed by atoms with van der Waals surface area (Å²) >= 11 is 0. The molecule has 0 spiro atoms. The third kappa shape index (κ3) is 2.86. The number of aromatic nitrogens is 1. The van der Waals surface area contributed by atoms with Gasteiger partial charge in [0.1, 0.15) is 22.4 Å². The molecule has 0 saturated carbocycles. The predicted molar refractivity (Wildman–Crippen MR) is 71.2 cm³/mol. The Labute approximate surface area is 118 Å². The molecule has 1 aromatic heterocycles. The van der Waals surface area contributed by atoms with Gasteiger partial charge in [0.05, 0.1) is 0 Å². The molecule has 1 aliphatic heterocycles. The van der Waals surface area contributed by atoms with Gasteiger partial charge < -0.3 is 0 Å². The summed E-state index contributed by atoms with van der Waals surface area (Å²) in [5, 5.41) is 8.67. The molecule has 7 heteroatoms. The number of hydrogen-bond donors (Lipinski definition) is 0. The monoisotopic (exact) mass is 293 g/mol. The molecular formula is C13H15N3O3S. The van der Waals surface area contributed by atoms with E-state index in [1.54, 1.807) is 0 Å². The van der Waals surface area contributed by atoms with Gasteiger partial charge in [-0.2, -0.15) is 9.57 Å². The molecule has 6 nitrogen and oxygen atoms in total. The zero-order valence-electron chi connectivity index (χ0n) is 11.1. The molecule has 2 heterocycles. The van der Waals surface area contributed by atoms with Crippen molar-refractivity contribution in [1.82, 2.24) is 9.29 Å². The maximum Gasteiger partial charge on any atom is 0.244 e. The third-order valence-electron chi connectivity index (χ3n) is 3.30. The second-order valence-corrected chi connectivity index (χ2v) is 6.70. The number of hydrogen-bond acceptors (Lipinski definition) is 5. The lowest BCUT2D eigenvalue weighted by molar-refractivity contribution is -0.117. The lowest BCUT2D eigenvalue weighted by Gasteiger charge is -2.23. The smallest absolute Gasteiger partial charge is 0.244 e. The van der Waals surface area contributed by atoms with E-state index in [4.69, 9.17) is 5.26 Å². The van der Waals surface area contributed by atoms with Crippen LogP contribution in [0.15, 0.2) is 23.2 Å². The standard InChI is InChI=1S/C13H15N3O3S/c1-10(17)7-12-3-2-6-16(12)20(18,19)13-5-4-11(8-14)15-9-13/h4-5,9,12H,2-3,6-7H2,1H3. The number of nitriles is 1. The van der Waals surface area contributed by atoms with Crippen LogP contribution in [0, 0.1) is 11.3 Å². The lowest BCUT2D eigenvalue weighted by Crippen LogP contribution is -2.36. The number of ketones is 1. The van der Waals surface area contributed by atoms with Crippen molar-refractivity contribution in [2.45, 2.75) is 37.1 Å². The summed E-state index contributed by atoms with van der Waals surface area (Å²) in [4.78, 5) is 15.1. The van der Waals surface area contributed by atoms with Crippen molar-refractivity contribution in [2.24, 2.45) is 0 Å². The minimum atomic E-state index is -3.65. The molecule has 1 atom stereocenters. The zero-order valence-corrected chi connectivity index (χ0v) is 11.9. The van der Waals surface area contributed by atoms with E-state index in [9.17, 15) is 13.2 Å². The van der Waals surface area contributed by atoms with Crippen molar-refractivity contribution in [3.63, 3.8) is 0 Å². The summed E-state index contributed by atoms with van der Waals surface area (Å²) in [6.45, 7) is 1.88. The highest BCUT2D eigenvalue weighted by Gasteiger charge is 2.35. The number of carbonyl (C=O) groups is 1. The Kier molecular flexibility index (Phi) is 4.16. The number of nitrogens with zero attached hydrogens (tertiary/aromatic N) is 3. The Morgan fingerprint density at radius 1 is 1.55 bits per heavy atom. The normalized spacial score (nSPS) is 19.7. The van der Waals surface area contributed by atoms with Gasteiger partial charge in [-0.15, -0.1) is 0 Å². The first kappa shape index (κ1) is 14.6.